The van der Waals surface area contributed by atoms with E-state index in [4.69, 9.17) is 0 Å². The number of nitrogens with one attached hydrogen (secondary N) is 1. The Morgan fingerprint density at radius 3 is 2.74 bits per heavy atom. The Bertz CT molecular complexity index is 513. The van der Waals surface area contributed by atoms with E-state index in [-0.39, 0.29) is 17.0 Å². The van der Waals surface area contributed by atoms with Crippen LogP contribution in [-0.2, 0) is 13.0 Å². The Balaban J connectivity index is 0.00000133. The summed E-state index contributed by atoms with van der Waals surface area (Å²) < 4.78 is 0. The molecule has 0 aliphatic heterocycles. The van der Waals surface area contributed by atoms with E-state index in [1.165, 1.54) is 36.0 Å². The lowest BCUT2D eigenvalue weighted by Crippen LogP contribution is -2.24. The fourth-order valence-corrected chi connectivity index (χ4v) is 2.71. The number of aryl methyl sites for hydroxylation is 1. The molecule has 0 spiro atoms. The molecule has 0 radical (unpaired) electrons. The molecule has 0 saturated heterocycles. The van der Waals surface area contributed by atoms with Crippen molar-refractivity contribution in [3.8, 4) is 0 Å². The number of nitrogens with zero attached hydrogens (tertiary/aromatic N) is 1. The molecule has 1 atom stereocenters. The van der Waals surface area contributed by atoms with Crippen molar-refractivity contribution in [2.45, 2.75) is 31.8 Å². The lowest BCUT2D eigenvalue weighted by molar-refractivity contribution is 0.459. The van der Waals surface area contributed by atoms with E-state index in [0.29, 0.717) is 6.04 Å². The standard InChI is InChI=1S/C16H18N2.BrH/c1-2-6-15-14(4-1)5-3-7-16(15)18-12-13-8-10-17-11-9-13;/h1-2,4,6,8-11,16,18H,3,5,7,12H2;1H. The second-order valence-electron chi connectivity index (χ2n) is 4.88. The molecular weight excluding hydrogens is 300 g/mol. The lowest BCUT2D eigenvalue weighted by atomic mass is 9.87. The van der Waals surface area contributed by atoms with E-state index in [2.05, 4.69) is 46.7 Å². The van der Waals surface area contributed by atoms with Crippen molar-refractivity contribution in [3.05, 3.63) is 65.5 Å². The van der Waals surface area contributed by atoms with Crippen LogP contribution in [0, 0.1) is 0 Å². The van der Waals surface area contributed by atoms with E-state index in [9.17, 15) is 0 Å². The third-order valence-electron chi connectivity index (χ3n) is 3.67. The number of halogens is 1. The SMILES string of the molecule is Br.c1ccc2c(c1)CCCC2NCc1ccncc1. The topological polar surface area (TPSA) is 24.9 Å². The first-order chi connectivity index (χ1) is 8.93. The number of rotatable bonds is 3. The molecule has 3 rings (SSSR count). The van der Waals surface area contributed by atoms with Crippen LogP contribution in [0.4, 0.5) is 0 Å². The molecule has 0 amide bonds. The summed E-state index contributed by atoms with van der Waals surface area (Å²) in [6, 6.07) is 13.5. The molecule has 0 fully saturated rings. The summed E-state index contributed by atoms with van der Waals surface area (Å²) in [7, 11) is 0. The number of hydrogen-bond donors (Lipinski definition) is 1. The van der Waals surface area contributed by atoms with Crippen molar-refractivity contribution in [3.63, 3.8) is 0 Å². The Hall–Kier alpha value is -1.19. The van der Waals surface area contributed by atoms with Crippen LogP contribution in [0.25, 0.3) is 0 Å². The minimum absolute atomic E-state index is 0. The maximum Gasteiger partial charge on any atom is 0.0326 e. The van der Waals surface area contributed by atoms with E-state index in [1.807, 2.05) is 12.4 Å². The van der Waals surface area contributed by atoms with Crippen molar-refractivity contribution < 1.29 is 0 Å². The Kier molecular flexibility index (Phi) is 5.11. The van der Waals surface area contributed by atoms with Crippen LogP contribution in [0.1, 0.15) is 35.6 Å². The first-order valence-corrected chi connectivity index (χ1v) is 6.63. The summed E-state index contributed by atoms with van der Waals surface area (Å²) in [6.07, 6.45) is 7.45. The average Bonchev–Trinajstić information content (AvgIpc) is 2.46. The normalized spacial score (nSPS) is 17.4. The quantitative estimate of drug-likeness (QED) is 0.930. The first-order valence-electron chi connectivity index (χ1n) is 6.63. The molecule has 100 valence electrons. The van der Waals surface area contributed by atoms with Crippen LogP contribution >= 0.6 is 17.0 Å². The molecule has 1 aromatic carbocycles. The van der Waals surface area contributed by atoms with Gasteiger partial charge in [-0.2, -0.15) is 0 Å². The first kappa shape index (κ1) is 14.2. The minimum atomic E-state index is 0. The largest absolute Gasteiger partial charge is 0.306 e. The van der Waals surface area contributed by atoms with Gasteiger partial charge < -0.3 is 5.32 Å². The van der Waals surface area contributed by atoms with Crippen LogP contribution in [-0.4, -0.2) is 4.98 Å². The van der Waals surface area contributed by atoms with Crippen LogP contribution in [0.3, 0.4) is 0 Å². The van der Waals surface area contributed by atoms with E-state index in [0.717, 1.165) is 6.54 Å². The molecule has 1 unspecified atom stereocenters. The van der Waals surface area contributed by atoms with Gasteiger partial charge in [0.05, 0.1) is 0 Å². The van der Waals surface area contributed by atoms with Crippen LogP contribution in [0.15, 0.2) is 48.8 Å². The summed E-state index contributed by atoms with van der Waals surface area (Å²) >= 11 is 0. The van der Waals surface area contributed by atoms with Crippen molar-refractivity contribution in [1.82, 2.24) is 10.3 Å². The number of fused-ring (bicyclic) bond motifs is 1. The number of hydrogen-bond acceptors (Lipinski definition) is 2. The molecule has 1 aliphatic rings. The van der Waals surface area contributed by atoms with E-state index >= 15 is 0 Å². The van der Waals surface area contributed by atoms with Crippen molar-refractivity contribution in [2.75, 3.05) is 0 Å². The molecule has 19 heavy (non-hydrogen) atoms. The molecule has 1 aromatic heterocycles. The molecule has 1 heterocycles. The van der Waals surface area contributed by atoms with Gasteiger partial charge in [0.25, 0.3) is 0 Å². The van der Waals surface area contributed by atoms with Gasteiger partial charge >= 0.3 is 0 Å². The lowest BCUT2D eigenvalue weighted by Gasteiger charge is -2.26. The molecule has 2 aromatic rings. The van der Waals surface area contributed by atoms with Gasteiger partial charge in [-0.15, -0.1) is 17.0 Å². The van der Waals surface area contributed by atoms with Crippen LogP contribution in [0.2, 0.25) is 0 Å². The van der Waals surface area contributed by atoms with Crippen LogP contribution in [0.5, 0.6) is 0 Å². The summed E-state index contributed by atoms with van der Waals surface area (Å²) in [4.78, 5) is 4.05. The highest BCUT2D eigenvalue weighted by Crippen LogP contribution is 2.29. The van der Waals surface area contributed by atoms with Gasteiger partial charge in [-0.3, -0.25) is 4.98 Å². The molecule has 1 N–H and O–H groups in total. The number of pyridine rings is 1. The van der Waals surface area contributed by atoms with Gasteiger partial charge in [0.1, 0.15) is 0 Å². The second kappa shape index (κ2) is 6.83. The zero-order valence-corrected chi connectivity index (χ0v) is 12.6. The minimum Gasteiger partial charge on any atom is -0.306 e. The zero-order valence-electron chi connectivity index (χ0n) is 10.9. The number of benzene rings is 1. The highest BCUT2D eigenvalue weighted by Gasteiger charge is 2.18. The summed E-state index contributed by atoms with van der Waals surface area (Å²) in [6.45, 7) is 0.918. The Morgan fingerprint density at radius 1 is 1.11 bits per heavy atom. The monoisotopic (exact) mass is 318 g/mol. The van der Waals surface area contributed by atoms with Crippen molar-refractivity contribution in [2.24, 2.45) is 0 Å². The fourth-order valence-electron chi connectivity index (χ4n) is 2.71. The maximum absolute atomic E-state index is 4.05. The predicted molar refractivity (Wildman–Crippen MR) is 83.5 cm³/mol. The third kappa shape index (κ3) is 3.43. The van der Waals surface area contributed by atoms with Gasteiger partial charge in [-0.25, -0.2) is 0 Å². The average molecular weight is 319 g/mol. The van der Waals surface area contributed by atoms with Gasteiger partial charge in [-0.05, 0) is 48.1 Å². The zero-order chi connectivity index (χ0) is 12.2. The van der Waals surface area contributed by atoms with Gasteiger partial charge in [0, 0.05) is 25.0 Å². The highest BCUT2D eigenvalue weighted by molar-refractivity contribution is 8.93. The smallest absolute Gasteiger partial charge is 0.0326 e. The Labute approximate surface area is 125 Å². The summed E-state index contributed by atoms with van der Waals surface area (Å²) in [5.41, 5.74) is 4.29. The van der Waals surface area contributed by atoms with Crippen molar-refractivity contribution in [1.29, 1.82) is 0 Å². The summed E-state index contributed by atoms with van der Waals surface area (Å²) in [5.74, 6) is 0. The maximum atomic E-state index is 4.05. The molecule has 0 bridgehead atoms. The molecule has 3 heteroatoms. The molecule has 1 aliphatic carbocycles. The molecular formula is C16H19BrN2. The third-order valence-corrected chi connectivity index (χ3v) is 3.67. The molecule has 2 nitrogen and oxygen atoms in total. The fraction of sp³-hybridized carbons (Fsp3) is 0.312. The van der Waals surface area contributed by atoms with Gasteiger partial charge in [-0.1, -0.05) is 24.3 Å². The summed E-state index contributed by atoms with van der Waals surface area (Å²) in [5, 5.41) is 3.67. The number of aromatic nitrogens is 1. The van der Waals surface area contributed by atoms with E-state index < -0.39 is 0 Å². The van der Waals surface area contributed by atoms with Gasteiger partial charge in [0.15, 0.2) is 0 Å². The second-order valence-corrected chi connectivity index (χ2v) is 4.88. The Morgan fingerprint density at radius 2 is 1.89 bits per heavy atom. The highest BCUT2D eigenvalue weighted by atomic mass is 79.9. The predicted octanol–water partition coefficient (Wildman–Crippen LogP) is 3.83. The molecule has 0 saturated carbocycles. The van der Waals surface area contributed by atoms with Crippen LogP contribution < -0.4 is 5.32 Å². The van der Waals surface area contributed by atoms with E-state index in [1.54, 1.807) is 0 Å². The van der Waals surface area contributed by atoms with Gasteiger partial charge in [0.2, 0.25) is 0 Å². The van der Waals surface area contributed by atoms with Crippen molar-refractivity contribution >= 4 is 17.0 Å².